The fourth-order valence-corrected chi connectivity index (χ4v) is 3.49. The molecule has 0 fully saturated rings. The fourth-order valence-electron chi connectivity index (χ4n) is 2.50. The van der Waals surface area contributed by atoms with Crippen LogP contribution in [0.3, 0.4) is 0 Å². The molecule has 0 amide bonds. The van der Waals surface area contributed by atoms with Crippen molar-refractivity contribution in [1.82, 2.24) is 9.38 Å². The zero-order valence-corrected chi connectivity index (χ0v) is 15.0. The highest BCUT2D eigenvalue weighted by Crippen LogP contribution is 2.36. The van der Waals surface area contributed by atoms with Gasteiger partial charge in [-0.3, -0.25) is 9.20 Å². The molecule has 0 spiro atoms. The molecule has 0 aliphatic rings. The van der Waals surface area contributed by atoms with Gasteiger partial charge in [-0.05, 0) is 20.8 Å². The number of aromatic nitrogens is 2. The molecule has 132 valence electrons. The number of carbonyl (C=O) groups is 1. The lowest BCUT2D eigenvalue weighted by Gasteiger charge is -2.10. The van der Waals surface area contributed by atoms with E-state index >= 15 is 0 Å². The first kappa shape index (κ1) is 17.2. The van der Waals surface area contributed by atoms with Crippen molar-refractivity contribution in [3.63, 3.8) is 0 Å². The van der Waals surface area contributed by atoms with Crippen molar-refractivity contribution in [3.8, 4) is 11.5 Å². The molecule has 7 nitrogen and oxygen atoms in total. The standard InChI is InChI=1S/C17H18N2O5S/c1-4-22-12-7-11-14(8-13(12)23-5-2)25-17-18-9-10(15(20)19(11)17)16(21)24-6-3/h7-9H,4-6H2,1-3H3. The summed E-state index contributed by atoms with van der Waals surface area (Å²) in [5.41, 5.74) is 0.0720. The van der Waals surface area contributed by atoms with Gasteiger partial charge in [0.2, 0.25) is 0 Å². The second-order valence-corrected chi connectivity index (χ2v) is 6.06. The smallest absolute Gasteiger partial charge is 0.345 e. The molecule has 0 bridgehead atoms. The van der Waals surface area contributed by atoms with Crippen molar-refractivity contribution in [2.75, 3.05) is 19.8 Å². The van der Waals surface area contributed by atoms with Crippen LogP contribution in [0.5, 0.6) is 11.5 Å². The predicted octanol–water partition coefficient (Wildman–Crippen LogP) is 2.88. The highest BCUT2D eigenvalue weighted by Gasteiger charge is 2.19. The summed E-state index contributed by atoms with van der Waals surface area (Å²) in [5, 5.41) is 0. The molecule has 0 atom stereocenters. The number of hydrogen-bond acceptors (Lipinski definition) is 7. The first-order valence-electron chi connectivity index (χ1n) is 8.01. The lowest BCUT2D eigenvalue weighted by Crippen LogP contribution is -2.23. The molecule has 2 aromatic heterocycles. The first-order chi connectivity index (χ1) is 12.1. The van der Waals surface area contributed by atoms with E-state index in [9.17, 15) is 9.59 Å². The Balaban J connectivity index is 2.27. The number of esters is 1. The molecule has 0 saturated heterocycles. The van der Waals surface area contributed by atoms with Gasteiger partial charge in [-0.15, -0.1) is 0 Å². The number of benzene rings is 1. The monoisotopic (exact) mass is 362 g/mol. The lowest BCUT2D eigenvalue weighted by atomic mass is 10.3. The summed E-state index contributed by atoms with van der Waals surface area (Å²) in [5.74, 6) is 0.483. The van der Waals surface area contributed by atoms with Crippen LogP contribution in [0.15, 0.2) is 23.1 Å². The van der Waals surface area contributed by atoms with Crippen LogP contribution in [0.2, 0.25) is 0 Å². The molecule has 8 heteroatoms. The number of carbonyl (C=O) groups excluding carboxylic acids is 1. The summed E-state index contributed by atoms with van der Waals surface area (Å²) in [7, 11) is 0. The number of nitrogens with zero attached hydrogens (tertiary/aromatic N) is 2. The van der Waals surface area contributed by atoms with Gasteiger partial charge < -0.3 is 14.2 Å². The van der Waals surface area contributed by atoms with Gasteiger partial charge in [0.05, 0.1) is 36.2 Å². The number of hydrogen-bond donors (Lipinski definition) is 0. The highest BCUT2D eigenvalue weighted by molar-refractivity contribution is 7.23. The molecule has 3 rings (SSSR count). The Morgan fingerprint density at radius 1 is 1.12 bits per heavy atom. The largest absolute Gasteiger partial charge is 0.490 e. The van der Waals surface area contributed by atoms with Crippen molar-refractivity contribution in [1.29, 1.82) is 0 Å². The van der Waals surface area contributed by atoms with Crippen LogP contribution >= 0.6 is 11.3 Å². The summed E-state index contributed by atoms with van der Waals surface area (Å²) < 4.78 is 18.4. The van der Waals surface area contributed by atoms with Crippen LogP contribution in [0.4, 0.5) is 0 Å². The van der Waals surface area contributed by atoms with Crippen LogP contribution in [0, 0.1) is 0 Å². The molecule has 1 aromatic carbocycles. The number of thiazole rings is 1. The van der Waals surface area contributed by atoms with Crippen molar-refractivity contribution < 1.29 is 19.0 Å². The van der Waals surface area contributed by atoms with Gasteiger partial charge in [0.25, 0.3) is 5.56 Å². The van der Waals surface area contributed by atoms with E-state index in [1.807, 2.05) is 19.9 Å². The van der Waals surface area contributed by atoms with E-state index in [1.165, 1.54) is 21.9 Å². The Bertz CT molecular complexity index is 992. The third-order valence-corrected chi connectivity index (χ3v) is 4.51. The van der Waals surface area contributed by atoms with Crippen LogP contribution < -0.4 is 15.0 Å². The van der Waals surface area contributed by atoms with E-state index in [1.54, 1.807) is 13.0 Å². The van der Waals surface area contributed by atoms with E-state index in [-0.39, 0.29) is 12.2 Å². The van der Waals surface area contributed by atoms with Crippen LogP contribution in [-0.4, -0.2) is 35.2 Å². The minimum atomic E-state index is -0.676. The van der Waals surface area contributed by atoms with Gasteiger partial charge in [-0.1, -0.05) is 11.3 Å². The minimum Gasteiger partial charge on any atom is -0.490 e. The minimum absolute atomic E-state index is 0.0918. The Morgan fingerprint density at radius 2 is 1.80 bits per heavy atom. The van der Waals surface area contributed by atoms with Crippen LogP contribution in [0.1, 0.15) is 31.1 Å². The van der Waals surface area contributed by atoms with Gasteiger partial charge >= 0.3 is 5.97 Å². The van der Waals surface area contributed by atoms with Gasteiger partial charge in [-0.2, -0.15) is 0 Å². The molecule has 0 saturated carbocycles. The van der Waals surface area contributed by atoms with E-state index in [0.29, 0.717) is 35.2 Å². The average Bonchev–Trinajstić information content (AvgIpc) is 2.94. The van der Waals surface area contributed by atoms with E-state index in [2.05, 4.69) is 4.98 Å². The zero-order chi connectivity index (χ0) is 18.0. The van der Waals surface area contributed by atoms with Crippen molar-refractivity contribution in [3.05, 3.63) is 34.2 Å². The maximum atomic E-state index is 12.8. The Hall–Kier alpha value is -2.61. The van der Waals surface area contributed by atoms with E-state index in [0.717, 1.165) is 4.70 Å². The van der Waals surface area contributed by atoms with E-state index in [4.69, 9.17) is 14.2 Å². The molecule has 3 aromatic rings. The highest BCUT2D eigenvalue weighted by atomic mass is 32.1. The zero-order valence-electron chi connectivity index (χ0n) is 14.2. The SMILES string of the molecule is CCOC(=O)c1cnc2sc3cc(OCC)c(OCC)cc3n2c1=O. The fraction of sp³-hybridized carbons (Fsp3) is 0.353. The summed E-state index contributed by atoms with van der Waals surface area (Å²) in [6, 6.07) is 3.57. The second-order valence-electron chi connectivity index (χ2n) is 5.05. The van der Waals surface area contributed by atoms with Gasteiger partial charge in [0.15, 0.2) is 16.5 Å². The van der Waals surface area contributed by atoms with Gasteiger partial charge in [-0.25, -0.2) is 9.78 Å². The predicted molar refractivity (Wildman–Crippen MR) is 95.1 cm³/mol. The molecular weight excluding hydrogens is 344 g/mol. The third-order valence-electron chi connectivity index (χ3n) is 3.49. The molecule has 2 heterocycles. The normalized spacial score (nSPS) is 11.0. The molecule has 0 N–H and O–H groups in total. The molecule has 25 heavy (non-hydrogen) atoms. The molecule has 0 unspecified atom stereocenters. The number of fused-ring (bicyclic) bond motifs is 3. The van der Waals surface area contributed by atoms with Gasteiger partial charge in [0, 0.05) is 12.1 Å². The van der Waals surface area contributed by atoms with Crippen LogP contribution in [-0.2, 0) is 4.74 Å². The summed E-state index contributed by atoms with van der Waals surface area (Å²) in [4.78, 5) is 29.4. The first-order valence-corrected chi connectivity index (χ1v) is 8.83. The maximum absolute atomic E-state index is 12.8. The number of rotatable bonds is 6. The summed E-state index contributed by atoms with van der Waals surface area (Å²) in [6.07, 6.45) is 1.26. The Morgan fingerprint density at radius 3 is 2.44 bits per heavy atom. The molecular formula is C17H18N2O5S. The Kier molecular flexibility index (Phi) is 4.89. The van der Waals surface area contributed by atoms with Crippen LogP contribution in [0.25, 0.3) is 15.2 Å². The van der Waals surface area contributed by atoms with Crippen molar-refractivity contribution in [2.24, 2.45) is 0 Å². The summed E-state index contributed by atoms with van der Waals surface area (Å²) >= 11 is 1.34. The molecule has 0 radical (unpaired) electrons. The molecule has 0 aliphatic heterocycles. The van der Waals surface area contributed by atoms with Gasteiger partial charge in [0.1, 0.15) is 5.56 Å². The third kappa shape index (κ3) is 3.05. The quantitative estimate of drug-likeness (QED) is 0.628. The summed E-state index contributed by atoms with van der Waals surface area (Å²) in [6.45, 7) is 6.61. The molecule has 0 aliphatic carbocycles. The Labute approximate surface area is 147 Å². The maximum Gasteiger partial charge on any atom is 0.345 e. The second kappa shape index (κ2) is 7.10. The average molecular weight is 362 g/mol. The van der Waals surface area contributed by atoms with Crippen molar-refractivity contribution >= 4 is 32.5 Å². The topological polar surface area (TPSA) is 79.1 Å². The lowest BCUT2D eigenvalue weighted by molar-refractivity contribution is 0.0523. The number of ether oxygens (including phenoxy) is 3. The van der Waals surface area contributed by atoms with Crippen molar-refractivity contribution in [2.45, 2.75) is 20.8 Å². The van der Waals surface area contributed by atoms with E-state index < -0.39 is 11.5 Å².